The second-order valence-electron chi connectivity index (χ2n) is 4.96. The monoisotopic (exact) mass is 284 g/mol. The lowest BCUT2D eigenvalue weighted by Gasteiger charge is -2.28. The lowest BCUT2D eigenvalue weighted by molar-refractivity contribution is 0.0604. The molecule has 0 saturated heterocycles. The normalized spacial score (nSPS) is 11.9. The van der Waals surface area contributed by atoms with E-state index in [4.69, 9.17) is 4.74 Å². The fourth-order valence-corrected chi connectivity index (χ4v) is 2.24. The van der Waals surface area contributed by atoms with Crippen LogP contribution in [0.3, 0.4) is 0 Å². The van der Waals surface area contributed by atoms with E-state index < -0.39 is 0 Å². The van der Waals surface area contributed by atoms with Gasteiger partial charge < -0.3 is 9.64 Å². The van der Waals surface area contributed by atoms with E-state index in [9.17, 15) is 4.79 Å². The predicted octanol–water partition coefficient (Wildman–Crippen LogP) is 2.41. The molecule has 4 nitrogen and oxygen atoms in total. The van der Waals surface area contributed by atoms with Gasteiger partial charge in [-0.25, -0.2) is 0 Å². The molecule has 0 aliphatic heterocycles. The Balaban J connectivity index is 2.12. The van der Waals surface area contributed by atoms with Crippen LogP contribution in [0.5, 0.6) is 0 Å². The molecule has 1 aromatic carbocycles. The number of ether oxygens (including phenoxy) is 1. The topological polar surface area (TPSA) is 42.4 Å². The summed E-state index contributed by atoms with van der Waals surface area (Å²) < 4.78 is 5.27. The van der Waals surface area contributed by atoms with Gasteiger partial charge in [0, 0.05) is 26.6 Å². The van der Waals surface area contributed by atoms with E-state index in [2.05, 4.69) is 17.1 Å². The number of aromatic nitrogens is 1. The Labute approximate surface area is 125 Å². The third-order valence-corrected chi connectivity index (χ3v) is 3.45. The van der Waals surface area contributed by atoms with Crippen molar-refractivity contribution in [1.29, 1.82) is 0 Å². The summed E-state index contributed by atoms with van der Waals surface area (Å²) in [4.78, 5) is 18.2. The predicted molar refractivity (Wildman–Crippen MR) is 82.1 cm³/mol. The zero-order valence-electron chi connectivity index (χ0n) is 12.4. The molecule has 0 fully saturated rings. The first-order valence-electron chi connectivity index (χ1n) is 6.92. The first-order valence-corrected chi connectivity index (χ1v) is 6.92. The molecule has 1 aromatic heterocycles. The number of likely N-dealkylation sites (N-methyl/N-ethyl adjacent to an activating group) is 1. The van der Waals surface area contributed by atoms with Crippen LogP contribution in [-0.2, 0) is 11.2 Å². The Morgan fingerprint density at radius 1 is 1.24 bits per heavy atom. The Morgan fingerprint density at radius 2 is 2.00 bits per heavy atom. The zero-order chi connectivity index (χ0) is 15.1. The van der Waals surface area contributed by atoms with Crippen molar-refractivity contribution in [3.63, 3.8) is 0 Å². The number of pyridine rings is 1. The third-order valence-electron chi connectivity index (χ3n) is 3.45. The van der Waals surface area contributed by atoms with Gasteiger partial charge in [-0.05, 0) is 24.1 Å². The van der Waals surface area contributed by atoms with Crippen LogP contribution in [0.4, 0.5) is 0 Å². The first kappa shape index (κ1) is 15.2. The molecular formula is C17H20N2O2. The quantitative estimate of drug-likeness (QED) is 0.818. The summed E-state index contributed by atoms with van der Waals surface area (Å²) >= 11 is 0. The van der Waals surface area contributed by atoms with Gasteiger partial charge in [0.15, 0.2) is 0 Å². The average Bonchev–Trinajstić information content (AvgIpc) is 2.55. The number of carbonyl (C=O) groups excluding carboxylic acids is 1. The number of amides is 1. The van der Waals surface area contributed by atoms with Gasteiger partial charge >= 0.3 is 0 Å². The molecule has 0 N–H and O–H groups in total. The van der Waals surface area contributed by atoms with Crippen molar-refractivity contribution in [1.82, 2.24) is 9.88 Å². The van der Waals surface area contributed by atoms with E-state index in [0.717, 1.165) is 6.42 Å². The standard InChI is InChI=1S/C17H20N2O2/c1-19(17(20)15-9-6-10-18-12-15)16(13-21-2)11-14-7-4-3-5-8-14/h3-10,12,16H,11,13H2,1-2H3/t16-/m1/s1. The number of benzene rings is 1. The highest BCUT2D eigenvalue weighted by Crippen LogP contribution is 2.11. The second-order valence-corrected chi connectivity index (χ2v) is 4.96. The maximum absolute atomic E-state index is 12.5. The van der Waals surface area contributed by atoms with Crippen molar-refractivity contribution in [2.24, 2.45) is 0 Å². The molecule has 0 saturated carbocycles. The summed E-state index contributed by atoms with van der Waals surface area (Å²) in [5.41, 5.74) is 1.78. The third kappa shape index (κ3) is 4.13. The van der Waals surface area contributed by atoms with Gasteiger partial charge in [0.1, 0.15) is 0 Å². The minimum atomic E-state index is -0.0407. The SMILES string of the molecule is COC[C@@H](Cc1ccccc1)N(C)C(=O)c1cccnc1. The smallest absolute Gasteiger partial charge is 0.255 e. The molecule has 21 heavy (non-hydrogen) atoms. The van der Waals surface area contributed by atoms with Gasteiger partial charge in [0.25, 0.3) is 5.91 Å². The molecule has 0 bridgehead atoms. The van der Waals surface area contributed by atoms with Gasteiger partial charge in [-0.15, -0.1) is 0 Å². The fraction of sp³-hybridized carbons (Fsp3) is 0.294. The summed E-state index contributed by atoms with van der Waals surface area (Å²) in [7, 11) is 3.46. The number of carbonyl (C=O) groups is 1. The largest absolute Gasteiger partial charge is 0.383 e. The van der Waals surface area contributed by atoms with E-state index in [0.29, 0.717) is 12.2 Å². The molecule has 0 radical (unpaired) electrons. The molecule has 0 aliphatic carbocycles. The van der Waals surface area contributed by atoms with Gasteiger partial charge in [0.05, 0.1) is 18.2 Å². The highest BCUT2D eigenvalue weighted by Gasteiger charge is 2.21. The number of hydrogen-bond acceptors (Lipinski definition) is 3. The molecule has 0 spiro atoms. The Hall–Kier alpha value is -2.20. The van der Waals surface area contributed by atoms with E-state index in [1.54, 1.807) is 36.5 Å². The van der Waals surface area contributed by atoms with Crippen molar-refractivity contribution in [2.45, 2.75) is 12.5 Å². The Morgan fingerprint density at radius 3 is 2.62 bits per heavy atom. The van der Waals surface area contributed by atoms with Crippen LogP contribution in [0.1, 0.15) is 15.9 Å². The Bertz CT molecular complexity index is 558. The van der Waals surface area contributed by atoms with Crippen LogP contribution < -0.4 is 0 Å². The van der Waals surface area contributed by atoms with E-state index in [1.165, 1.54) is 5.56 Å². The molecule has 2 aromatic rings. The average molecular weight is 284 g/mol. The zero-order valence-corrected chi connectivity index (χ0v) is 12.4. The molecule has 4 heteroatoms. The second kappa shape index (κ2) is 7.55. The summed E-state index contributed by atoms with van der Waals surface area (Å²) in [6, 6.07) is 13.6. The van der Waals surface area contributed by atoms with E-state index in [-0.39, 0.29) is 11.9 Å². The first-order chi connectivity index (χ1) is 10.2. The van der Waals surface area contributed by atoms with Crippen LogP contribution in [0.2, 0.25) is 0 Å². The minimum Gasteiger partial charge on any atom is -0.383 e. The van der Waals surface area contributed by atoms with Crippen molar-refractivity contribution >= 4 is 5.91 Å². The highest BCUT2D eigenvalue weighted by atomic mass is 16.5. The summed E-state index contributed by atoms with van der Waals surface area (Å²) in [6.07, 6.45) is 4.01. The summed E-state index contributed by atoms with van der Waals surface area (Å²) in [6.45, 7) is 0.497. The van der Waals surface area contributed by atoms with Crippen LogP contribution in [0, 0.1) is 0 Å². The minimum absolute atomic E-state index is 0.00916. The van der Waals surface area contributed by atoms with Crippen molar-refractivity contribution in [3.05, 3.63) is 66.0 Å². The molecule has 1 heterocycles. The number of nitrogens with zero attached hydrogens (tertiary/aromatic N) is 2. The van der Waals surface area contributed by atoms with Gasteiger partial charge in [-0.2, -0.15) is 0 Å². The molecule has 110 valence electrons. The van der Waals surface area contributed by atoms with E-state index in [1.807, 2.05) is 25.2 Å². The molecule has 2 rings (SSSR count). The van der Waals surface area contributed by atoms with Crippen LogP contribution in [0.15, 0.2) is 54.9 Å². The summed E-state index contributed by atoms with van der Waals surface area (Å²) in [5.74, 6) is -0.0407. The lowest BCUT2D eigenvalue weighted by Crippen LogP contribution is -2.41. The van der Waals surface area contributed by atoms with Crippen LogP contribution in [0.25, 0.3) is 0 Å². The molecule has 1 atom stereocenters. The molecule has 0 aliphatic rings. The van der Waals surface area contributed by atoms with Crippen molar-refractivity contribution in [2.75, 3.05) is 20.8 Å². The fourth-order valence-electron chi connectivity index (χ4n) is 2.24. The van der Waals surface area contributed by atoms with Crippen LogP contribution in [-0.4, -0.2) is 42.6 Å². The lowest BCUT2D eigenvalue weighted by atomic mass is 10.0. The number of methoxy groups -OCH3 is 1. The maximum Gasteiger partial charge on any atom is 0.255 e. The number of hydrogen-bond donors (Lipinski definition) is 0. The van der Waals surface area contributed by atoms with Crippen molar-refractivity contribution in [3.8, 4) is 0 Å². The summed E-state index contributed by atoms with van der Waals surface area (Å²) in [5, 5.41) is 0. The van der Waals surface area contributed by atoms with Gasteiger partial charge in [0.2, 0.25) is 0 Å². The molecule has 1 amide bonds. The highest BCUT2D eigenvalue weighted by molar-refractivity contribution is 5.93. The van der Waals surface area contributed by atoms with Crippen LogP contribution >= 0.6 is 0 Å². The van der Waals surface area contributed by atoms with Crippen molar-refractivity contribution < 1.29 is 9.53 Å². The van der Waals surface area contributed by atoms with E-state index >= 15 is 0 Å². The number of rotatable bonds is 6. The maximum atomic E-state index is 12.5. The molecular weight excluding hydrogens is 264 g/mol. The molecule has 0 unspecified atom stereocenters. The Kier molecular flexibility index (Phi) is 5.46. The van der Waals surface area contributed by atoms with Gasteiger partial charge in [-0.1, -0.05) is 30.3 Å². The van der Waals surface area contributed by atoms with Gasteiger partial charge in [-0.3, -0.25) is 9.78 Å².